The number of aromatic nitrogens is 1. The summed E-state index contributed by atoms with van der Waals surface area (Å²) >= 11 is 1.28. The van der Waals surface area contributed by atoms with E-state index in [0.29, 0.717) is 23.8 Å². The molecule has 0 spiro atoms. The number of nitrogens with one attached hydrogen (secondary N) is 1. The lowest BCUT2D eigenvalue weighted by Crippen LogP contribution is -2.08. The molecule has 0 unspecified atom stereocenters. The van der Waals surface area contributed by atoms with Gasteiger partial charge >= 0.3 is 5.97 Å². The molecule has 0 radical (unpaired) electrons. The molecule has 1 N–H and O–H groups in total. The molecule has 0 saturated heterocycles. The number of para-hydroxylation sites is 1. The first kappa shape index (κ1) is 15.5. The molecule has 21 heavy (non-hydrogen) atoms. The predicted octanol–water partition coefficient (Wildman–Crippen LogP) is 4.50. The van der Waals surface area contributed by atoms with Gasteiger partial charge in [0.25, 0.3) is 0 Å². The van der Waals surface area contributed by atoms with Crippen molar-refractivity contribution in [2.45, 2.75) is 33.6 Å². The zero-order valence-electron chi connectivity index (χ0n) is 12.8. The molecule has 0 amide bonds. The summed E-state index contributed by atoms with van der Waals surface area (Å²) in [7, 11) is 0. The first-order chi connectivity index (χ1) is 10.0. The van der Waals surface area contributed by atoms with Gasteiger partial charge in [-0.3, -0.25) is 0 Å². The van der Waals surface area contributed by atoms with Crippen LogP contribution in [-0.4, -0.2) is 16.9 Å². The van der Waals surface area contributed by atoms with Gasteiger partial charge in [0.15, 0.2) is 0 Å². The molecule has 5 heteroatoms. The highest BCUT2D eigenvalue weighted by Crippen LogP contribution is 2.32. The smallest absolute Gasteiger partial charge is 0.343 e. The molecule has 0 saturated carbocycles. The first-order valence-electron chi connectivity index (χ1n) is 7.04. The third-order valence-electron chi connectivity index (χ3n) is 3.17. The Bertz CT molecular complexity index is 635. The second-order valence-corrected chi connectivity index (χ2v) is 5.83. The van der Waals surface area contributed by atoms with Crippen LogP contribution in [0, 0.1) is 6.92 Å². The van der Waals surface area contributed by atoms with E-state index < -0.39 is 0 Å². The number of carbonyl (C=O) groups is 1. The van der Waals surface area contributed by atoms with E-state index in [2.05, 4.69) is 29.6 Å². The highest BCUT2D eigenvalue weighted by molar-refractivity contribution is 7.10. The van der Waals surface area contributed by atoms with E-state index in [1.807, 2.05) is 25.1 Å². The van der Waals surface area contributed by atoms with Crippen molar-refractivity contribution in [2.75, 3.05) is 11.9 Å². The molecular weight excluding hydrogens is 284 g/mol. The van der Waals surface area contributed by atoms with Crippen molar-refractivity contribution in [3.05, 3.63) is 41.1 Å². The van der Waals surface area contributed by atoms with Crippen LogP contribution in [0.15, 0.2) is 24.3 Å². The number of hydrogen-bond donors (Lipinski definition) is 1. The summed E-state index contributed by atoms with van der Waals surface area (Å²) in [6.07, 6.45) is 0. The van der Waals surface area contributed by atoms with Gasteiger partial charge in [-0.2, -0.15) is 4.37 Å². The van der Waals surface area contributed by atoms with Gasteiger partial charge in [0.2, 0.25) is 0 Å². The van der Waals surface area contributed by atoms with Gasteiger partial charge in [0, 0.05) is 5.69 Å². The molecule has 1 heterocycles. The van der Waals surface area contributed by atoms with E-state index in [-0.39, 0.29) is 5.97 Å². The molecule has 1 aromatic heterocycles. The normalized spacial score (nSPS) is 10.7. The second-order valence-electron chi connectivity index (χ2n) is 5.06. The SMILES string of the molecule is CCOC(=O)c1c(C)nsc1Nc1ccccc1C(C)C. The van der Waals surface area contributed by atoms with Crippen molar-refractivity contribution in [2.24, 2.45) is 0 Å². The molecule has 4 nitrogen and oxygen atoms in total. The number of rotatable bonds is 5. The fourth-order valence-corrected chi connectivity index (χ4v) is 2.93. The van der Waals surface area contributed by atoms with Crippen LogP contribution < -0.4 is 5.32 Å². The van der Waals surface area contributed by atoms with Crippen LogP contribution in [0.3, 0.4) is 0 Å². The van der Waals surface area contributed by atoms with Gasteiger partial charge in [-0.25, -0.2) is 4.79 Å². The molecule has 2 rings (SSSR count). The maximum absolute atomic E-state index is 12.1. The minimum atomic E-state index is -0.326. The van der Waals surface area contributed by atoms with E-state index in [1.165, 1.54) is 17.1 Å². The van der Waals surface area contributed by atoms with E-state index >= 15 is 0 Å². The number of carbonyl (C=O) groups excluding carboxylic acids is 1. The topological polar surface area (TPSA) is 51.2 Å². The Morgan fingerprint density at radius 1 is 1.38 bits per heavy atom. The Morgan fingerprint density at radius 2 is 2.10 bits per heavy atom. The fraction of sp³-hybridized carbons (Fsp3) is 0.375. The third kappa shape index (κ3) is 3.42. The summed E-state index contributed by atoms with van der Waals surface area (Å²) in [4.78, 5) is 12.1. The Morgan fingerprint density at radius 3 is 2.76 bits per heavy atom. The Kier molecular flexibility index (Phi) is 4.96. The lowest BCUT2D eigenvalue weighted by atomic mass is 10.0. The average Bonchev–Trinajstić information content (AvgIpc) is 2.80. The predicted molar refractivity (Wildman–Crippen MR) is 86.6 cm³/mol. The van der Waals surface area contributed by atoms with Gasteiger partial charge in [-0.1, -0.05) is 32.0 Å². The Hall–Kier alpha value is -1.88. The van der Waals surface area contributed by atoms with Crippen LogP contribution in [0.25, 0.3) is 0 Å². The lowest BCUT2D eigenvalue weighted by Gasteiger charge is -2.14. The van der Waals surface area contributed by atoms with Gasteiger partial charge in [-0.15, -0.1) is 0 Å². The van der Waals surface area contributed by atoms with Crippen molar-refractivity contribution >= 4 is 28.2 Å². The van der Waals surface area contributed by atoms with E-state index in [9.17, 15) is 4.79 Å². The molecule has 0 fully saturated rings. The van der Waals surface area contributed by atoms with E-state index in [4.69, 9.17) is 4.74 Å². The maximum atomic E-state index is 12.1. The molecule has 0 aliphatic rings. The quantitative estimate of drug-likeness (QED) is 0.827. The van der Waals surface area contributed by atoms with Crippen molar-refractivity contribution in [1.82, 2.24) is 4.37 Å². The molecule has 0 aliphatic carbocycles. The van der Waals surface area contributed by atoms with Crippen LogP contribution in [0.1, 0.15) is 48.3 Å². The lowest BCUT2D eigenvalue weighted by molar-refractivity contribution is 0.0527. The van der Waals surface area contributed by atoms with Crippen molar-refractivity contribution in [3.8, 4) is 0 Å². The summed E-state index contributed by atoms with van der Waals surface area (Å²) in [6, 6.07) is 8.10. The number of ether oxygens (including phenoxy) is 1. The van der Waals surface area contributed by atoms with Crippen molar-refractivity contribution in [3.63, 3.8) is 0 Å². The number of aryl methyl sites for hydroxylation is 1. The first-order valence-corrected chi connectivity index (χ1v) is 7.81. The zero-order valence-corrected chi connectivity index (χ0v) is 13.6. The third-order valence-corrected chi connectivity index (χ3v) is 4.03. The number of hydrogen-bond acceptors (Lipinski definition) is 5. The number of anilines is 2. The van der Waals surface area contributed by atoms with Gasteiger partial charge in [0.1, 0.15) is 10.6 Å². The Labute approximate surface area is 129 Å². The number of nitrogens with zero attached hydrogens (tertiary/aromatic N) is 1. The molecule has 0 aliphatic heterocycles. The minimum Gasteiger partial charge on any atom is -0.462 e. The van der Waals surface area contributed by atoms with Gasteiger partial charge in [-0.05, 0) is 42.9 Å². The highest BCUT2D eigenvalue weighted by atomic mass is 32.1. The largest absolute Gasteiger partial charge is 0.462 e. The van der Waals surface area contributed by atoms with Crippen molar-refractivity contribution in [1.29, 1.82) is 0 Å². The van der Waals surface area contributed by atoms with Gasteiger partial charge in [0.05, 0.1) is 12.3 Å². The van der Waals surface area contributed by atoms with Crippen molar-refractivity contribution < 1.29 is 9.53 Å². The molecule has 112 valence electrons. The molecule has 1 aromatic carbocycles. The summed E-state index contributed by atoms with van der Waals surface area (Å²) in [5.74, 6) is 0.0713. The maximum Gasteiger partial charge on any atom is 0.343 e. The summed E-state index contributed by atoms with van der Waals surface area (Å²) in [5, 5.41) is 4.07. The molecule has 0 bridgehead atoms. The fourth-order valence-electron chi connectivity index (χ4n) is 2.14. The van der Waals surface area contributed by atoms with Crippen LogP contribution in [0.2, 0.25) is 0 Å². The number of benzene rings is 1. The molecular formula is C16H20N2O2S. The summed E-state index contributed by atoms with van der Waals surface area (Å²) in [5.41, 5.74) is 3.43. The Balaban J connectivity index is 2.35. The minimum absolute atomic E-state index is 0.326. The summed E-state index contributed by atoms with van der Waals surface area (Å²) < 4.78 is 9.38. The summed E-state index contributed by atoms with van der Waals surface area (Å²) in [6.45, 7) is 8.27. The van der Waals surface area contributed by atoms with Gasteiger partial charge < -0.3 is 10.1 Å². The highest BCUT2D eigenvalue weighted by Gasteiger charge is 2.20. The monoisotopic (exact) mass is 304 g/mol. The van der Waals surface area contributed by atoms with Crippen LogP contribution in [0.5, 0.6) is 0 Å². The van der Waals surface area contributed by atoms with Crippen LogP contribution in [-0.2, 0) is 4.74 Å². The van der Waals surface area contributed by atoms with E-state index in [1.54, 1.807) is 6.92 Å². The standard InChI is InChI=1S/C16H20N2O2S/c1-5-20-16(19)14-11(4)18-21-15(14)17-13-9-7-6-8-12(13)10(2)3/h6-10,17H,5H2,1-4H3. The molecule has 2 aromatic rings. The zero-order chi connectivity index (χ0) is 15.4. The number of esters is 1. The second kappa shape index (κ2) is 6.72. The van der Waals surface area contributed by atoms with Crippen LogP contribution >= 0.6 is 11.5 Å². The van der Waals surface area contributed by atoms with E-state index in [0.717, 1.165) is 10.7 Å². The average molecular weight is 304 g/mol. The molecule has 0 atom stereocenters. The van der Waals surface area contributed by atoms with Crippen LogP contribution in [0.4, 0.5) is 10.7 Å².